The van der Waals surface area contributed by atoms with Crippen LogP contribution in [-0.2, 0) is 9.59 Å². The number of ketones is 1. The lowest BCUT2D eigenvalue weighted by molar-refractivity contribution is -0.126. The molecule has 0 saturated carbocycles. The van der Waals surface area contributed by atoms with Crippen LogP contribution < -0.4 is 23.4 Å². The van der Waals surface area contributed by atoms with E-state index < -0.39 is 17.7 Å². The molecule has 0 aliphatic rings. The number of ether oxygens (including phenoxy) is 4. The maximum absolute atomic E-state index is 13.0. The van der Waals surface area contributed by atoms with Gasteiger partial charge in [0, 0.05) is 30.0 Å². The summed E-state index contributed by atoms with van der Waals surface area (Å²) in [6.07, 6.45) is 0. The lowest BCUT2D eigenvalue weighted by Crippen LogP contribution is -2.36. The second-order valence-corrected chi connectivity index (χ2v) is 7.25. The van der Waals surface area contributed by atoms with Crippen molar-refractivity contribution in [1.29, 1.82) is 0 Å². The number of rotatable bonds is 11. The summed E-state index contributed by atoms with van der Waals surface area (Å²) in [5, 5.41) is 8.22. The van der Waals surface area contributed by atoms with Crippen LogP contribution in [0.4, 0.5) is 11.4 Å². The molecule has 0 radical (unpaired) electrons. The SMILES string of the molecule is CCOc1ccc(Cl)c(N=NC(C(C)=O)C(=O)N(Cl)c2cc(OC)cc(OC)c2)c1OCC. The molecule has 0 aliphatic heterocycles. The Morgan fingerprint density at radius 3 is 2.15 bits per heavy atom. The number of methoxy groups -OCH3 is 2. The van der Waals surface area contributed by atoms with Crippen molar-refractivity contribution in [2.24, 2.45) is 10.2 Å². The van der Waals surface area contributed by atoms with E-state index in [0.717, 1.165) is 4.42 Å². The van der Waals surface area contributed by atoms with Crippen LogP contribution >= 0.6 is 23.4 Å². The minimum Gasteiger partial charge on any atom is -0.497 e. The Labute approximate surface area is 202 Å². The molecule has 0 saturated heterocycles. The highest BCUT2D eigenvalue weighted by atomic mass is 35.5. The van der Waals surface area contributed by atoms with Gasteiger partial charge in [0.25, 0.3) is 5.91 Å². The third-order valence-corrected chi connectivity index (χ3v) is 4.95. The Morgan fingerprint density at radius 1 is 1.03 bits per heavy atom. The summed E-state index contributed by atoms with van der Waals surface area (Å²) in [5.74, 6) is 0.0865. The number of amides is 1. The third kappa shape index (κ3) is 6.49. The fourth-order valence-corrected chi connectivity index (χ4v) is 3.11. The monoisotopic (exact) mass is 497 g/mol. The first-order chi connectivity index (χ1) is 15.8. The third-order valence-electron chi connectivity index (χ3n) is 4.28. The van der Waals surface area contributed by atoms with E-state index in [4.69, 9.17) is 42.3 Å². The van der Waals surface area contributed by atoms with Crippen molar-refractivity contribution in [3.63, 3.8) is 0 Å². The number of benzene rings is 2. The maximum Gasteiger partial charge on any atom is 0.276 e. The summed E-state index contributed by atoms with van der Waals surface area (Å²) in [6, 6.07) is 6.31. The number of hydrogen-bond donors (Lipinski definition) is 0. The number of carbonyl (C=O) groups is 2. The molecule has 0 fully saturated rings. The van der Waals surface area contributed by atoms with Gasteiger partial charge < -0.3 is 18.9 Å². The number of Topliss-reactive ketones (excluding diaryl/α,β-unsaturated/α-hetero) is 1. The Bertz CT molecular complexity index is 1010. The topological polar surface area (TPSA) is 99.0 Å². The van der Waals surface area contributed by atoms with Crippen LogP contribution in [-0.4, -0.2) is 45.2 Å². The molecule has 2 rings (SSSR count). The predicted molar refractivity (Wildman–Crippen MR) is 126 cm³/mol. The minimum absolute atomic E-state index is 0.132. The van der Waals surface area contributed by atoms with Gasteiger partial charge in [-0.25, -0.2) is 4.42 Å². The van der Waals surface area contributed by atoms with E-state index in [0.29, 0.717) is 30.5 Å². The van der Waals surface area contributed by atoms with Crippen molar-refractivity contribution in [1.82, 2.24) is 0 Å². The van der Waals surface area contributed by atoms with Crippen molar-refractivity contribution < 1.29 is 28.5 Å². The quantitative estimate of drug-likeness (QED) is 0.234. The van der Waals surface area contributed by atoms with Gasteiger partial charge in [0.2, 0.25) is 6.04 Å². The number of anilines is 1. The minimum atomic E-state index is -1.53. The molecule has 0 bridgehead atoms. The van der Waals surface area contributed by atoms with Crippen LogP contribution in [0.5, 0.6) is 23.0 Å². The van der Waals surface area contributed by atoms with Gasteiger partial charge in [0.15, 0.2) is 17.3 Å². The van der Waals surface area contributed by atoms with Gasteiger partial charge >= 0.3 is 0 Å². The second kappa shape index (κ2) is 12.3. The zero-order valence-electron chi connectivity index (χ0n) is 18.9. The van der Waals surface area contributed by atoms with E-state index in [-0.39, 0.29) is 22.1 Å². The highest BCUT2D eigenvalue weighted by Crippen LogP contribution is 2.43. The normalized spacial score (nSPS) is 11.7. The number of carbonyl (C=O) groups excluding carboxylic acids is 2. The molecule has 9 nitrogen and oxygen atoms in total. The number of azo groups is 1. The standard InChI is InChI=1S/C22H25Cl2N3O6/c1-6-32-18-9-8-17(23)20(21(18)33-7-2)26-25-19(13(3)28)22(29)27(24)14-10-15(30-4)12-16(11-14)31-5/h8-12,19H,6-7H2,1-5H3. The fraction of sp³-hybridized carbons (Fsp3) is 0.364. The van der Waals surface area contributed by atoms with E-state index in [9.17, 15) is 9.59 Å². The van der Waals surface area contributed by atoms with E-state index in [1.165, 1.54) is 33.3 Å². The zero-order chi connectivity index (χ0) is 24.5. The molecule has 1 amide bonds. The van der Waals surface area contributed by atoms with Crippen LogP contribution in [0, 0.1) is 0 Å². The second-order valence-electron chi connectivity index (χ2n) is 6.51. The number of nitrogens with zero attached hydrogens (tertiary/aromatic N) is 3. The van der Waals surface area contributed by atoms with Crippen molar-refractivity contribution in [3.05, 3.63) is 35.4 Å². The summed E-state index contributed by atoms with van der Waals surface area (Å²) in [4.78, 5) is 25.3. The van der Waals surface area contributed by atoms with Crippen LogP contribution in [0.3, 0.4) is 0 Å². The molecule has 0 N–H and O–H groups in total. The van der Waals surface area contributed by atoms with Gasteiger partial charge in [-0.1, -0.05) is 11.6 Å². The van der Waals surface area contributed by atoms with Crippen LogP contribution in [0.2, 0.25) is 5.02 Å². The van der Waals surface area contributed by atoms with Gasteiger partial charge in [0.05, 0.1) is 38.1 Å². The smallest absolute Gasteiger partial charge is 0.276 e. The van der Waals surface area contributed by atoms with Gasteiger partial charge in [-0.15, -0.1) is 5.11 Å². The van der Waals surface area contributed by atoms with Crippen LogP contribution in [0.25, 0.3) is 0 Å². The Kier molecular flexibility index (Phi) is 9.74. The largest absolute Gasteiger partial charge is 0.497 e. The summed E-state index contributed by atoms with van der Waals surface area (Å²) in [7, 11) is 2.92. The zero-order valence-corrected chi connectivity index (χ0v) is 20.4. The number of halogens is 2. The van der Waals surface area contributed by atoms with Crippen LogP contribution in [0.15, 0.2) is 40.6 Å². The Balaban J connectivity index is 2.43. The number of hydrogen-bond acceptors (Lipinski definition) is 8. The molecular formula is C22H25Cl2N3O6. The van der Waals surface area contributed by atoms with Crippen molar-refractivity contribution in [2.45, 2.75) is 26.8 Å². The van der Waals surface area contributed by atoms with Crippen LogP contribution in [0.1, 0.15) is 20.8 Å². The molecule has 2 aromatic carbocycles. The first-order valence-electron chi connectivity index (χ1n) is 9.99. The van der Waals surface area contributed by atoms with E-state index in [2.05, 4.69) is 10.2 Å². The van der Waals surface area contributed by atoms with Crippen molar-refractivity contribution in [3.8, 4) is 23.0 Å². The first-order valence-corrected chi connectivity index (χ1v) is 10.7. The van der Waals surface area contributed by atoms with E-state index in [1.807, 2.05) is 6.92 Å². The maximum atomic E-state index is 13.0. The molecule has 0 heterocycles. The molecule has 1 atom stereocenters. The average molecular weight is 498 g/mol. The Hall–Kier alpha value is -3.04. The first kappa shape index (κ1) is 26.2. The molecular weight excluding hydrogens is 473 g/mol. The highest BCUT2D eigenvalue weighted by molar-refractivity contribution is 6.39. The average Bonchev–Trinajstić information content (AvgIpc) is 2.81. The van der Waals surface area contributed by atoms with Gasteiger partial charge in [0.1, 0.15) is 17.2 Å². The molecule has 0 aromatic heterocycles. The highest BCUT2D eigenvalue weighted by Gasteiger charge is 2.30. The van der Waals surface area contributed by atoms with E-state index >= 15 is 0 Å². The van der Waals surface area contributed by atoms with Gasteiger partial charge in [-0.2, -0.15) is 5.11 Å². The molecule has 33 heavy (non-hydrogen) atoms. The molecule has 1 unspecified atom stereocenters. The summed E-state index contributed by atoms with van der Waals surface area (Å²) >= 11 is 12.5. The van der Waals surface area contributed by atoms with Gasteiger partial charge in [-0.3, -0.25) is 9.59 Å². The molecule has 0 aliphatic carbocycles. The predicted octanol–water partition coefficient (Wildman–Crippen LogP) is 5.38. The fourth-order valence-electron chi connectivity index (χ4n) is 2.74. The molecule has 178 valence electrons. The molecule has 2 aromatic rings. The lowest BCUT2D eigenvalue weighted by atomic mass is 10.2. The Morgan fingerprint density at radius 2 is 1.64 bits per heavy atom. The molecule has 0 spiro atoms. The lowest BCUT2D eigenvalue weighted by Gasteiger charge is -2.18. The summed E-state index contributed by atoms with van der Waals surface area (Å²) in [6.45, 7) is 5.51. The van der Waals surface area contributed by atoms with Crippen molar-refractivity contribution in [2.75, 3.05) is 31.9 Å². The summed E-state index contributed by atoms with van der Waals surface area (Å²) in [5.41, 5.74) is 0.360. The summed E-state index contributed by atoms with van der Waals surface area (Å²) < 4.78 is 22.3. The molecule has 11 heteroatoms. The van der Waals surface area contributed by atoms with E-state index in [1.54, 1.807) is 25.1 Å². The van der Waals surface area contributed by atoms with Gasteiger partial charge in [-0.05, 0) is 32.9 Å². The van der Waals surface area contributed by atoms with Crippen molar-refractivity contribution >= 4 is 46.4 Å².